The summed E-state index contributed by atoms with van der Waals surface area (Å²) in [5.74, 6) is 1.01. The zero-order valence-corrected chi connectivity index (χ0v) is 15.7. The van der Waals surface area contributed by atoms with Gasteiger partial charge in [-0.25, -0.2) is 4.79 Å². The Kier molecular flexibility index (Phi) is 7.48. The fourth-order valence-corrected chi connectivity index (χ4v) is 2.56. The first-order valence-corrected chi connectivity index (χ1v) is 8.71. The van der Waals surface area contributed by atoms with E-state index in [1.807, 2.05) is 55.5 Å². The van der Waals surface area contributed by atoms with Crippen LogP contribution in [0, 0.1) is 0 Å². The van der Waals surface area contributed by atoms with Crippen molar-refractivity contribution < 1.29 is 23.7 Å². The molecule has 5 nitrogen and oxygen atoms in total. The van der Waals surface area contributed by atoms with Gasteiger partial charge in [-0.05, 0) is 44.5 Å². The Morgan fingerprint density at radius 3 is 2.46 bits per heavy atom. The summed E-state index contributed by atoms with van der Waals surface area (Å²) < 4.78 is 22.1. The Morgan fingerprint density at radius 1 is 1.08 bits per heavy atom. The number of hydrogen-bond donors (Lipinski definition) is 0. The quantitative estimate of drug-likeness (QED) is 0.626. The molecule has 2 rings (SSSR count). The first-order valence-electron chi connectivity index (χ1n) is 8.71. The number of benzene rings is 2. The summed E-state index contributed by atoms with van der Waals surface area (Å²) in [4.78, 5) is 11.8. The SMILES string of the molecule is CCOC(=O)[C@H](C)O[C@H](C)c1cc(OCc2ccccc2)ccc1OC. The van der Waals surface area contributed by atoms with Crippen molar-refractivity contribution >= 4 is 5.97 Å². The maximum absolute atomic E-state index is 11.8. The fraction of sp³-hybridized carbons (Fsp3) is 0.381. The smallest absolute Gasteiger partial charge is 0.334 e. The van der Waals surface area contributed by atoms with Crippen LogP contribution in [-0.2, 0) is 20.9 Å². The van der Waals surface area contributed by atoms with E-state index in [4.69, 9.17) is 18.9 Å². The van der Waals surface area contributed by atoms with Gasteiger partial charge in [0.2, 0.25) is 0 Å². The summed E-state index contributed by atoms with van der Waals surface area (Å²) >= 11 is 0. The van der Waals surface area contributed by atoms with Crippen LogP contribution < -0.4 is 9.47 Å². The lowest BCUT2D eigenvalue weighted by atomic mass is 10.1. The highest BCUT2D eigenvalue weighted by Crippen LogP contribution is 2.32. The molecule has 0 aliphatic rings. The van der Waals surface area contributed by atoms with Crippen molar-refractivity contribution in [1.82, 2.24) is 0 Å². The molecule has 0 unspecified atom stereocenters. The van der Waals surface area contributed by atoms with Crippen molar-refractivity contribution in [2.75, 3.05) is 13.7 Å². The molecule has 2 aromatic carbocycles. The van der Waals surface area contributed by atoms with Crippen LogP contribution in [0.25, 0.3) is 0 Å². The number of methoxy groups -OCH3 is 1. The lowest BCUT2D eigenvalue weighted by Gasteiger charge is -2.21. The summed E-state index contributed by atoms with van der Waals surface area (Å²) in [5, 5.41) is 0. The molecule has 0 bridgehead atoms. The van der Waals surface area contributed by atoms with E-state index < -0.39 is 6.10 Å². The molecular weight excluding hydrogens is 332 g/mol. The van der Waals surface area contributed by atoms with E-state index in [2.05, 4.69) is 0 Å². The van der Waals surface area contributed by atoms with Crippen molar-refractivity contribution in [1.29, 1.82) is 0 Å². The van der Waals surface area contributed by atoms with E-state index in [0.29, 0.717) is 24.7 Å². The van der Waals surface area contributed by atoms with E-state index in [1.54, 1.807) is 21.0 Å². The normalized spacial score (nSPS) is 12.9. The summed E-state index contributed by atoms with van der Waals surface area (Å²) in [6.45, 7) is 6.12. The van der Waals surface area contributed by atoms with Gasteiger partial charge in [-0.3, -0.25) is 0 Å². The summed E-state index contributed by atoms with van der Waals surface area (Å²) in [7, 11) is 1.60. The zero-order chi connectivity index (χ0) is 18.9. The number of carbonyl (C=O) groups is 1. The highest BCUT2D eigenvalue weighted by molar-refractivity contribution is 5.74. The molecule has 0 aliphatic carbocycles. The Hall–Kier alpha value is -2.53. The predicted molar refractivity (Wildman–Crippen MR) is 99.4 cm³/mol. The van der Waals surface area contributed by atoms with Crippen LogP contribution >= 0.6 is 0 Å². The average Bonchev–Trinajstić information content (AvgIpc) is 2.67. The van der Waals surface area contributed by atoms with Gasteiger partial charge in [0.1, 0.15) is 18.1 Å². The molecule has 2 atom stereocenters. The third-order valence-electron chi connectivity index (χ3n) is 3.91. The van der Waals surface area contributed by atoms with Gasteiger partial charge in [0.25, 0.3) is 0 Å². The molecule has 2 aromatic rings. The molecule has 0 radical (unpaired) electrons. The van der Waals surface area contributed by atoms with Gasteiger partial charge in [0, 0.05) is 5.56 Å². The van der Waals surface area contributed by atoms with Crippen molar-refractivity contribution in [3.63, 3.8) is 0 Å². The monoisotopic (exact) mass is 358 g/mol. The lowest BCUT2D eigenvalue weighted by Crippen LogP contribution is -2.24. The van der Waals surface area contributed by atoms with Crippen LogP contribution in [0.15, 0.2) is 48.5 Å². The number of rotatable bonds is 9. The Bertz CT molecular complexity index is 699. The van der Waals surface area contributed by atoms with Crippen LogP contribution in [0.1, 0.15) is 38.0 Å². The van der Waals surface area contributed by atoms with Crippen molar-refractivity contribution in [3.05, 3.63) is 59.7 Å². The first-order chi connectivity index (χ1) is 12.5. The molecule has 0 aliphatic heterocycles. The van der Waals surface area contributed by atoms with Crippen LogP contribution in [0.3, 0.4) is 0 Å². The van der Waals surface area contributed by atoms with E-state index in [1.165, 1.54) is 0 Å². The summed E-state index contributed by atoms with van der Waals surface area (Å²) in [6.07, 6.45) is -1.02. The zero-order valence-electron chi connectivity index (χ0n) is 15.7. The second-order valence-electron chi connectivity index (χ2n) is 5.85. The van der Waals surface area contributed by atoms with Gasteiger partial charge in [-0.15, -0.1) is 0 Å². The largest absolute Gasteiger partial charge is 0.496 e. The maximum Gasteiger partial charge on any atom is 0.334 e. The Morgan fingerprint density at radius 2 is 1.81 bits per heavy atom. The highest BCUT2D eigenvalue weighted by atomic mass is 16.6. The average molecular weight is 358 g/mol. The van der Waals surface area contributed by atoms with Gasteiger partial charge >= 0.3 is 5.97 Å². The fourth-order valence-electron chi connectivity index (χ4n) is 2.56. The first kappa shape index (κ1) is 19.8. The molecular formula is C21H26O5. The van der Waals surface area contributed by atoms with Crippen LogP contribution in [0.5, 0.6) is 11.5 Å². The molecule has 0 saturated carbocycles. The van der Waals surface area contributed by atoms with Crippen molar-refractivity contribution in [2.45, 2.75) is 39.6 Å². The van der Waals surface area contributed by atoms with E-state index in [0.717, 1.165) is 11.1 Å². The molecule has 0 spiro atoms. The summed E-state index contributed by atoms with van der Waals surface area (Å²) in [5.41, 5.74) is 1.90. The molecule has 0 saturated heterocycles. The maximum atomic E-state index is 11.8. The van der Waals surface area contributed by atoms with Gasteiger partial charge in [-0.2, -0.15) is 0 Å². The Labute approximate surface area is 154 Å². The number of carbonyl (C=O) groups excluding carboxylic acids is 1. The molecule has 0 N–H and O–H groups in total. The lowest BCUT2D eigenvalue weighted by molar-refractivity contribution is -0.158. The molecule has 26 heavy (non-hydrogen) atoms. The van der Waals surface area contributed by atoms with Gasteiger partial charge in [-0.1, -0.05) is 30.3 Å². The van der Waals surface area contributed by atoms with Crippen LogP contribution in [0.4, 0.5) is 0 Å². The second kappa shape index (κ2) is 9.82. The molecule has 5 heteroatoms. The number of hydrogen-bond acceptors (Lipinski definition) is 5. The summed E-state index contributed by atoms with van der Waals surface area (Å²) in [6, 6.07) is 15.5. The van der Waals surface area contributed by atoms with Crippen molar-refractivity contribution in [3.8, 4) is 11.5 Å². The molecule has 0 aromatic heterocycles. The van der Waals surface area contributed by atoms with E-state index in [9.17, 15) is 4.79 Å². The van der Waals surface area contributed by atoms with E-state index >= 15 is 0 Å². The number of esters is 1. The van der Waals surface area contributed by atoms with Gasteiger partial charge in [0.15, 0.2) is 6.10 Å². The van der Waals surface area contributed by atoms with Crippen LogP contribution in [0.2, 0.25) is 0 Å². The molecule has 0 amide bonds. The molecule has 0 heterocycles. The predicted octanol–water partition coefficient (Wildman–Crippen LogP) is 4.30. The van der Waals surface area contributed by atoms with Gasteiger partial charge in [0.05, 0.1) is 19.8 Å². The Balaban J connectivity index is 2.09. The molecule has 0 fully saturated rings. The van der Waals surface area contributed by atoms with Crippen LogP contribution in [-0.4, -0.2) is 25.8 Å². The molecule has 140 valence electrons. The van der Waals surface area contributed by atoms with E-state index in [-0.39, 0.29) is 12.1 Å². The minimum Gasteiger partial charge on any atom is -0.496 e. The second-order valence-corrected chi connectivity index (χ2v) is 5.85. The van der Waals surface area contributed by atoms with Gasteiger partial charge < -0.3 is 18.9 Å². The third-order valence-corrected chi connectivity index (χ3v) is 3.91. The number of ether oxygens (including phenoxy) is 4. The minimum absolute atomic E-state index is 0.326. The minimum atomic E-state index is -0.663. The highest BCUT2D eigenvalue weighted by Gasteiger charge is 2.21. The van der Waals surface area contributed by atoms with Crippen molar-refractivity contribution in [2.24, 2.45) is 0 Å². The standard InChI is InChI=1S/C21H26O5/c1-5-24-21(22)16(3)26-15(2)19-13-18(11-12-20(19)23-4)25-14-17-9-7-6-8-10-17/h6-13,15-16H,5,14H2,1-4H3/t15-,16+/m1/s1. The third kappa shape index (κ3) is 5.49. The topological polar surface area (TPSA) is 54.0 Å².